The van der Waals surface area contributed by atoms with Crippen LogP contribution in [-0.2, 0) is 9.53 Å². The highest BCUT2D eigenvalue weighted by atomic mass is 32.2. The van der Waals surface area contributed by atoms with Gasteiger partial charge in [0, 0.05) is 39.0 Å². The van der Waals surface area contributed by atoms with Crippen molar-refractivity contribution in [3.05, 3.63) is 44.7 Å². The normalized spacial score (nSPS) is 23.5. The Morgan fingerprint density at radius 3 is 2.79 bits per heavy atom. The molecule has 0 saturated carbocycles. The summed E-state index contributed by atoms with van der Waals surface area (Å²) in [5.74, 6) is 0.463. The standard InChI is InChI=1S/C23H27N5O3S2/c1-15-5-3-7-27-19(15)24-20(26-10-8-25(2)9-11-26)17(21(27)29)13-18-22(30)28(23(32)33-18)14-16-6-4-12-31-16/h3,5,7,13,16H,4,6,8-12,14H2,1-2H3/b18-13+/t16-/m1/s1. The van der Waals surface area contributed by atoms with Crippen LogP contribution < -0.4 is 10.5 Å². The molecule has 0 N–H and O–H groups in total. The number of nitrogens with zero attached hydrogens (tertiary/aromatic N) is 5. The molecule has 3 fully saturated rings. The van der Waals surface area contributed by atoms with Crippen LogP contribution in [0.2, 0.25) is 0 Å². The predicted molar refractivity (Wildman–Crippen MR) is 135 cm³/mol. The van der Waals surface area contributed by atoms with E-state index >= 15 is 0 Å². The number of thioether (sulfide) groups is 1. The molecule has 2 aromatic rings. The molecule has 2 aromatic heterocycles. The van der Waals surface area contributed by atoms with E-state index in [1.165, 1.54) is 11.8 Å². The van der Waals surface area contributed by atoms with Crippen LogP contribution in [-0.4, -0.2) is 81.9 Å². The molecule has 0 bridgehead atoms. The lowest BCUT2D eigenvalue weighted by molar-refractivity contribution is -0.123. The van der Waals surface area contributed by atoms with Gasteiger partial charge in [-0.1, -0.05) is 30.0 Å². The molecule has 1 amide bonds. The second kappa shape index (κ2) is 9.17. The van der Waals surface area contributed by atoms with Gasteiger partial charge in [-0.05, 0) is 44.5 Å². The van der Waals surface area contributed by atoms with Crippen molar-refractivity contribution in [3.8, 4) is 0 Å². The minimum Gasteiger partial charge on any atom is -0.376 e. The Bertz CT molecular complexity index is 1200. The molecule has 5 heterocycles. The summed E-state index contributed by atoms with van der Waals surface area (Å²) in [5.41, 5.74) is 1.82. The zero-order chi connectivity index (χ0) is 23.1. The van der Waals surface area contributed by atoms with Crippen LogP contribution in [0, 0.1) is 6.92 Å². The smallest absolute Gasteiger partial charge is 0.267 e. The van der Waals surface area contributed by atoms with E-state index in [4.69, 9.17) is 21.9 Å². The number of hydrogen-bond donors (Lipinski definition) is 0. The van der Waals surface area contributed by atoms with Crippen LogP contribution in [0.25, 0.3) is 11.7 Å². The number of rotatable bonds is 4. The highest BCUT2D eigenvalue weighted by Crippen LogP contribution is 2.34. The number of thiocarbonyl (C=S) groups is 1. The number of hydrogen-bond acceptors (Lipinski definition) is 8. The number of carbonyl (C=O) groups excluding carboxylic acids is 1. The Morgan fingerprint density at radius 1 is 1.27 bits per heavy atom. The first-order chi connectivity index (χ1) is 15.9. The number of anilines is 1. The number of ether oxygens (including phenoxy) is 1. The highest BCUT2D eigenvalue weighted by molar-refractivity contribution is 8.26. The first-order valence-corrected chi connectivity index (χ1v) is 12.5. The minimum absolute atomic E-state index is 0.0173. The van der Waals surface area contributed by atoms with Crippen molar-refractivity contribution in [3.63, 3.8) is 0 Å². The van der Waals surface area contributed by atoms with Crippen molar-refractivity contribution < 1.29 is 9.53 Å². The van der Waals surface area contributed by atoms with Gasteiger partial charge in [-0.3, -0.25) is 18.9 Å². The Labute approximate surface area is 202 Å². The monoisotopic (exact) mass is 485 g/mol. The fourth-order valence-electron chi connectivity index (χ4n) is 4.47. The number of pyridine rings is 1. The molecule has 0 unspecified atom stereocenters. The maximum absolute atomic E-state index is 13.6. The van der Waals surface area contributed by atoms with E-state index in [9.17, 15) is 9.59 Å². The second-order valence-corrected chi connectivity index (χ2v) is 10.4. The summed E-state index contributed by atoms with van der Waals surface area (Å²) in [6.45, 7) is 6.45. The predicted octanol–water partition coefficient (Wildman–Crippen LogP) is 2.13. The van der Waals surface area contributed by atoms with Gasteiger partial charge in [0.25, 0.3) is 11.5 Å². The summed E-state index contributed by atoms with van der Waals surface area (Å²) in [7, 11) is 2.09. The number of piperazine rings is 1. The molecule has 0 radical (unpaired) electrons. The number of aryl methyl sites for hydroxylation is 1. The Kier molecular flexibility index (Phi) is 6.26. The number of fused-ring (bicyclic) bond motifs is 1. The topological polar surface area (TPSA) is 70.4 Å². The SMILES string of the molecule is Cc1cccn2c(=O)c(/C=C3/SC(=S)N(C[C@H]4CCCO4)C3=O)c(N3CCN(C)CC3)nc12. The van der Waals surface area contributed by atoms with Crippen molar-refractivity contribution in [1.82, 2.24) is 19.2 Å². The molecular weight excluding hydrogens is 458 g/mol. The molecule has 0 aliphatic carbocycles. The molecule has 0 spiro atoms. The van der Waals surface area contributed by atoms with Gasteiger partial charge in [-0.2, -0.15) is 0 Å². The summed E-state index contributed by atoms with van der Waals surface area (Å²) < 4.78 is 7.76. The molecule has 8 nitrogen and oxygen atoms in total. The fraction of sp³-hybridized carbons (Fsp3) is 0.478. The lowest BCUT2D eigenvalue weighted by Crippen LogP contribution is -2.45. The molecule has 3 saturated heterocycles. The lowest BCUT2D eigenvalue weighted by Gasteiger charge is -2.34. The summed E-state index contributed by atoms with van der Waals surface area (Å²) in [6, 6.07) is 3.79. The maximum atomic E-state index is 13.6. The van der Waals surface area contributed by atoms with Crippen LogP contribution in [0.3, 0.4) is 0 Å². The Hall–Kier alpha value is -2.27. The van der Waals surface area contributed by atoms with Crippen molar-refractivity contribution in [2.24, 2.45) is 0 Å². The molecule has 0 aromatic carbocycles. The summed E-state index contributed by atoms with van der Waals surface area (Å²) in [5, 5.41) is 0. The molecule has 1 atom stereocenters. The second-order valence-electron chi connectivity index (χ2n) is 8.76. The molecule has 174 valence electrons. The van der Waals surface area contributed by atoms with Gasteiger partial charge in [0.2, 0.25) is 0 Å². The van der Waals surface area contributed by atoms with Crippen molar-refractivity contribution in [2.75, 3.05) is 51.3 Å². The van der Waals surface area contributed by atoms with E-state index in [2.05, 4.69) is 16.8 Å². The van der Waals surface area contributed by atoms with Crippen molar-refractivity contribution in [1.29, 1.82) is 0 Å². The van der Waals surface area contributed by atoms with Crippen LogP contribution in [0.1, 0.15) is 24.0 Å². The Morgan fingerprint density at radius 2 is 2.06 bits per heavy atom. The summed E-state index contributed by atoms with van der Waals surface area (Å²) in [4.78, 5) is 38.2. The number of likely N-dealkylation sites (N-methyl/N-ethyl adjacent to an activating group) is 1. The molecule has 5 rings (SSSR count). The highest BCUT2D eigenvalue weighted by Gasteiger charge is 2.35. The van der Waals surface area contributed by atoms with E-state index in [-0.39, 0.29) is 17.6 Å². The average Bonchev–Trinajstić information content (AvgIpc) is 3.41. The third kappa shape index (κ3) is 4.32. The maximum Gasteiger partial charge on any atom is 0.267 e. The zero-order valence-electron chi connectivity index (χ0n) is 18.8. The van der Waals surface area contributed by atoms with Gasteiger partial charge in [-0.25, -0.2) is 4.98 Å². The number of amides is 1. The zero-order valence-corrected chi connectivity index (χ0v) is 20.5. The van der Waals surface area contributed by atoms with Crippen LogP contribution in [0.5, 0.6) is 0 Å². The third-order valence-corrected chi connectivity index (χ3v) is 7.80. The van der Waals surface area contributed by atoms with Gasteiger partial charge in [0.1, 0.15) is 15.8 Å². The fourth-order valence-corrected chi connectivity index (χ4v) is 5.72. The molecule has 10 heteroatoms. The van der Waals surface area contributed by atoms with E-state index in [1.807, 2.05) is 19.1 Å². The van der Waals surface area contributed by atoms with E-state index in [0.717, 1.165) is 51.2 Å². The van der Waals surface area contributed by atoms with E-state index in [0.29, 0.717) is 32.8 Å². The third-order valence-electron chi connectivity index (χ3n) is 6.43. The summed E-state index contributed by atoms with van der Waals surface area (Å²) >= 11 is 6.74. The van der Waals surface area contributed by atoms with Crippen molar-refractivity contribution >= 4 is 51.7 Å². The molecule has 3 aliphatic rings. The van der Waals surface area contributed by atoms with Gasteiger partial charge in [0.15, 0.2) is 0 Å². The van der Waals surface area contributed by atoms with Crippen molar-refractivity contribution in [2.45, 2.75) is 25.9 Å². The van der Waals surface area contributed by atoms with Gasteiger partial charge in [0.05, 0.1) is 23.1 Å². The Balaban J connectivity index is 1.56. The molecular formula is C23H27N5O3S2. The molecule has 33 heavy (non-hydrogen) atoms. The molecule has 3 aliphatic heterocycles. The summed E-state index contributed by atoms with van der Waals surface area (Å²) in [6.07, 6.45) is 5.36. The van der Waals surface area contributed by atoms with Gasteiger partial charge < -0.3 is 14.5 Å². The largest absolute Gasteiger partial charge is 0.376 e. The lowest BCUT2D eigenvalue weighted by atomic mass is 10.2. The number of aromatic nitrogens is 2. The van der Waals surface area contributed by atoms with Gasteiger partial charge in [-0.15, -0.1) is 0 Å². The van der Waals surface area contributed by atoms with Gasteiger partial charge >= 0.3 is 0 Å². The first kappa shape index (κ1) is 22.5. The average molecular weight is 486 g/mol. The van der Waals surface area contributed by atoms with Crippen LogP contribution >= 0.6 is 24.0 Å². The first-order valence-electron chi connectivity index (χ1n) is 11.2. The number of carbonyl (C=O) groups is 1. The quantitative estimate of drug-likeness (QED) is 0.482. The van der Waals surface area contributed by atoms with E-state index in [1.54, 1.807) is 21.6 Å². The van der Waals surface area contributed by atoms with E-state index < -0.39 is 0 Å². The minimum atomic E-state index is -0.179. The van der Waals surface area contributed by atoms with Crippen LogP contribution in [0.4, 0.5) is 5.82 Å². The van der Waals surface area contributed by atoms with Crippen LogP contribution in [0.15, 0.2) is 28.0 Å².